The minimum absolute atomic E-state index is 0.0716. The van der Waals surface area contributed by atoms with E-state index in [0.29, 0.717) is 13.2 Å². The molecule has 100 valence electrons. The molecule has 4 nitrogen and oxygen atoms in total. The lowest BCUT2D eigenvalue weighted by atomic mass is 10.1. The van der Waals surface area contributed by atoms with Crippen LogP contribution in [0.2, 0.25) is 0 Å². The average Bonchev–Trinajstić information content (AvgIpc) is 2.92. The normalized spacial score (nSPS) is 17.7. The van der Waals surface area contributed by atoms with Crippen molar-refractivity contribution in [1.82, 2.24) is 0 Å². The highest BCUT2D eigenvalue weighted by atomic mass is 16.5. The van der Waals surface area contributed by atoms with Crippen molar-refractivity contribution < 1.29 is 9.53 Å². The summed E-state index contributed by atoms with van der Waals surface area (Å²) in [6, 6.07) is 5.65. The molecule has 1 unspecified atom stereocenters. The van der Waals surface area contributed by atoms with E-state index < -0.39 is 0 Å². The highest BCUT2D eigenvalue weighted by Crippen LogP contribution is 2.17. The van der Waals surface area contributed by atoms with Gasteiger partial charge >= 0.3 is 0 Å². The maximum Gasteiger partial charge on any atom is 0.253 e. The van der Waals surface area contributed by atoms with Gasteiger partial charge in [-0.2, -0.15) is 0 Å². The molecule has 1 fully saturated rings. The van der Waals surface area contributed by atoms with Gasteiger partial charge in [-0.1, -0.05) is 11.8 Å². The zero-order valence-electron chi connectivity index (χ0n) is 11.0. The average molecular weight is 258 g/mol. The van der Waals surface area contributed by atoms with Gasteiger partial charge in [0.2, 0.25) is 0 Å². The Bertz CT molecular complexity index is 523. The van der Waals surface area contributed by atoms with Crippen molar-refractivity contribution in [3.05, 3.63) is 29.3 Å². The van der Waals surface area contributed by atoms with E-state index in [1.807, 2.05) is 25.1 Å². The molecule has 0 aliphatic carbocycles. The van der Waals surface area contributed by atoms with E-state index in [-0.39, 0.29) is 12.0 Å². The van der Waals surface area contributed by atoms with Gasteiger partial charge < -0.3 is 15.8 Å². The Morgan fingerprint density at radius 2 is 2.42 bits per heavy atom. The molecular weight excluding hydrogens is 240 g/mol. The number of nitrogens with one attached hydrogen (secondary N) is 1. The number of amides is 1. The highest BCUT2D eigenvalue weighted by Gasteiger charge is 2.23. The van der Waals surface area contributed by atoms with Crippen LogP contribution in [-0.2, 0) is 9.53 Å². The van der Waals surface area contributed by atoms with Crippen LogP contribution in [0.3, 0.4) is 0 Å². The Morgan fingerprint density at radius 1 is 1.58 bits per heavy atom. The topological polar surface area (TPSA) is 64.3 Å². The van der Waals surface area contributed by atoms with E-state index in [1.54, 1.807) is 0 Å². The van der Waals surface area contributed by atoms with Gasteiger partial charge in [0, 0.05) is 17.9 Å². The number of hydrogen-bond donors (Lipinski definition) is 2. The lowest BCUT2D eigenvalue weighted by Crippen LogP contribution is -2.26. The summed E-state index contributed by atoms with van der Waals surface area (Å²) in [5.41, 5.74) is 8.07. The van der Waals surface area contributed by atoms with Crippen molar-refractivity contribution in [3.8, 4) is 11.8 Å². The maximum absolute atomic E-state index is 11.9. The first-order valence-corrected chi connectivity index (χ1v) is 6.43. The minimum Gasteiger partial charge on any atom is -0.368 e. The number of ether oxygens (including phenoxy) is 1. The Kier molecular flexibility index (Phi) is 4.56. The van der Waals surface area contributed by atoms with Crippen LogP contribution in [0.15, 0.2) is 18.2 Å². The summed E-state index contributed by atoms with van der Waals surface area (Å²) < 4.78 is 5.35. The predicted molar refractivity (Wildman–Crippen MR) is 74.7 cm³/mol. The van der Waals surface area contributed by atoms with Gasteiger partial charge in [0.05, 0.1) is 6.54 Å². The largest absolute Gasteiger partial charge is 0.368 e. The molecular formula is C15H18N2O2. The molecule has 1 aliphatic rings. The summed E-state index contributed by atoms with van der Waals surface area (Å²) in [5, 5.41) is 2.87. The van der Waals surface area contributed by atoms with E-state index in [2.05, 4.69) is 17.2 Å². The van der Waals surface area contributed by atoms with Gasteiger partial charge in [-0.05, 0) is 43.5 Å². The van der Waals surface area contributed by atoms with Gasteiger partial charge in [0.25, 0.3) is 5.91 Å². The van der Waals surface area contributed by atoms with Crippen LogP contribution in [0.25, 0.3) is 0 Å². The van der Waals surface area contributed by atoms with Crippen molar-refractivity contribution in [2.24, 2.45) is 5.73 Å². The number of carbonyl (C=O) groups excluding carboxylic acids is 1. The molecule has 1 aromatic rings. The molecule has 1 heterocycles. The molecule has 4 heteroatoms. The molecule has 0 radical (unpaired) electrons. The Morgan fingerprint density at radius 3 is 3.05 bits per heavy atom. The molecule has 0 bridgehead atoms. The van der Waals surface area contributed by atoms with Gasteiger partial charge in [0.15, 0.2) is 0 Å². The molecule has 0 spiro atoms. The van der Waals surface area contributed by atoms with Crippen molar-refractivity contribution in [2.45, 2.75) is 25.9 Å². The Hall–Kier alpha value is -1.83. The van der Waals surface area contributed by atoms with Crippen LogP contribution >= 0.6 is 0 Å². The molecule has 2 rings (SSSR count). The van der Waals surface area contributed by atoms with E-state index in [4.69, 9.17) is 10.5 Å². The summed E-state index contributed by atoms with van der Waals surface area (Å²) in [5.74, 6) is 5.75. The predicted octanol–water partition coefficient (Wildman–Crippen LogP) is 1.42. The van der Waals surface area contributed by atoms with Crippen molar-refractivity contribution >= 4 is 11.6 Å². The van der Waals surface area contributed by atoms with E-state index >= 15 is 0 Å². The van der Waals surface area contributed by atoms with Gasteiger partial charge in [0.1, 0.15) is 6.10 Å². The molecule has 19 heavy (non-hydrogen) atoms. The Labute approximate surface area is 113 Å². The minimum atomic E-state index is -0.308. The fourth-order valence-corrected chi connectivity index (χ4v) is 2.04. The second-order valence-corrected chi connectivity index (χ2v) is 4.53. The third kappa shape index (κ3) is 3.57. The SMILES string of the molecule is Cc1cc(NC(=O)C2CCCO2)ccc1C#CCN. The molecule has 1 saturated heterocycles. The Balaban J connectivity index is 2.05. The van der Waals surface area contributed by atoms with Crippen LogP contribution in [0.5, 0.6) is 0 Å². The van der Waals surface area contributed by atoms with E-state index in [0.717, 1.165) is 29.7 Å². The van der Waals surface area contributed by atoms with Crippen LogP contribution in [0, 0.1) is 18.8 Å². The van der Waals surface area contributed by atoms with E-state index in [1.165, 1.54) is 0 Å². The molecule has 1 aromatic carbocycles. The summed E-state index contributed by atoms with van der Waals surface area (Å²) in [7, 11) is 0. The van der Waals surface area contributed by atoms with Gasteiger partial charge in [-0.25, -0.2) is 0 Å². The number of carbonyl (C=O) groups is 1. The van der Waals surface area contributed by atoms with Crippen LogP contribution in [0.4, 0.5) is 5.69 Å². The van der Waals surface area contributed by atoms with Crippen molar-refractivity contribution in [2.75, 3.05) is 18.5 Å². The van der Waals surface area contributed by atoms with Gasteiger partial charge in [-0.3, -0.25) is 4.79 Å². The van der Waals surface area contributed by atoms with Crippen LogP contribution in [-0.4, -0.2) is 25.2 Å². The number of benzene rings is 1. The van der Waals surface area contributed by atoms with Gasteiger partial charge in [-0.15, -0.1) is 0 Å². The molecule has 1 aliphatic heterocycles. The summed E-state index contributed by atoms with van der Waals surface area (Å²) in [6.07, 6.45) is 1.44. The highest BCUT2D eigenvalue weighted by molar-refractivity contribution is 5.94. The van der Waals surface area contributed by atoms with Crippen LogP contribution < -0.4 is 11.1 Å². The molecule has 1 amide bonds. The van der Waals surface area contributed by atoms with Crippen molar-refractivity contribution in [1.29, 1.82) is 0 Å². The molecule has 3 N–H and O–H groups in total. The first-order chi connectivity index (χ1) is 9.20. The fraction of sp³-hybridized carbons (Fsp3) is 0.400. The van der Waals surface area contributed by atoms with Crippen LogP contribution in [0.1, 0.15) is 24.0 Å². The zero-order chi connectivity index (χ0) is 13.7. The standard InChI is InChI=1S/C15H18N2O2/c1-11-10-13(7-6-12(11)4-2-8-16)17-15(18)14-5-3-9-19-14/h6-7,10,14H,3,5,8-9,16H2,1H3,(H,17,18). The molecule has 0 saturated carbocycles. The lowest BCUT2D eigenvalue weighted by molar-refractivity contribution is -0.124. The number of anilines is 1. The number of nitrogens with two attached hydrogens (primary N) is 1. The first-order valence-electron chi connectivity index (χ1n) is 6.43. The quantitative estimate of drug-likeness (QED) is 0.789. The first kappa shape index (κ1) is 13.6. The smallest absolute Gasteiger partial charge is 0.253 e. The summed E-state index contributed by atoms with van der Waals surface area (Å²) in [6.45, 7) is 2.98. The van der Waals surface area contributed by atoms with E-state index in [9.17, 15) is 4.79 Å². The third-order valence-corrected chi connectivity index (χ3v) is 3.04. The number of hydrogen-bond acceptors (Lipinski definition) is 3. The monoisotopic (exact) mass is 258 g/mol. The number of rotatable bonds is 2. The number of aryl methyl sites for hydroxylation is 1. The zero-order valence-corrected chi connectivity index (χ0v) is 11.0. The second kappa shape index (κ2) is 6.37. The molecule has 1 atom stereocenters. The summed E-state index contributed by atoms with van der Waals surface area (Å²) >= 11 is 0. The van der Waals surface area contributed by atoms with Crippen molar-refractivity contribution in [3.63, 3.8) is 0 Å². The summed E-state index contributed by atoms with van der Waals surface area (Å²) in [4.78, 5) is 11.9. The second-order valence-electron chi connectivity index (χ2n) is 4.53. The third-order valence-electron chi connectivity index (χ3n) is 3.04. The maximum atomic E-state index is 11.9. The fourth-order valence-electron chi connectivity index (χ4n) is 2.04. The molecule has 0 aromatic heterocycles. The lowest BCUT2D eigenvalue weighted by Gasteiger charge is -2.11.